The maximum Gasteiger partial charge on any atom is 0.249 e. The van der Waals surface area contributed by atoms with Crippen molar-refractivity contribution in [2.45, 2.75) is 38.3 Å². The lowest BCUT2D eigenvalue weighted by Gasteiger charge is -2.39. The van der Waals surface area contributed by atoms with Gasteiger partial charge in [-0.3, -0.25) is 14.8 Å². The van der Waals surface area contributed by atoms with Gasteiger partial charge in [-0.1, -0.05) is 0 Å². The third-order valence-electron chi connectivity index (χ3n) is 5.68. The third kappa shape index (κ3) is 3.34. The highest BCUT2D eigenvalue weighted by atomic mass is 16.5. The van der Waals surface area contributed by atoms with Crippen LogP contribution in [0, 0.1) is 5.41 Å². The highest BCUT2D eigenvalue weighted by Crippen LogP contribution is 2.48. The lowest BCUT2D eigenvalue weighted by atomic mass is 9.74. The molecule has 1 spiro atoms. The van der Waals surface area contributed by atoms with Crippen molar-refractivity contribution in [1.82, 2.24) is 20.0 Å². The molecule has 3 rings (SSSR count). The van der Waals surface area contributed by atoms with Crippen LogP contribution >= 0.6 is 0 Å². The smallest absolute Gasteiger partial charge is 0.249 e. The summed E-state index contributed by atoms with van der Waals surface area (Å²) in [4.78, 5) is 16.7. The fraction of sp³-hybridized carbons (Fsp3) is 0.765. The fourth-order valence-corrected chi connectivity index (χ4v) is 4.35. The largest absolute Gasteiger partial charge is 0.394 e. The zero-order valence-corrected chi connectivity index (χ0v) is 14.6. The fourth-order valence-electron chi connectivity index (χ4n) is 4.35. The van der Waals surface area contributed by atoms with Gasteiger partial charge in [0.1, 0.15) is 6.61 Å². The van der Waals surface area contributed by atoms with Crippen molar-refractivity contribution >= 4 is 5.91 Å². The standard InChI is InChI=1S/C17H28N4O3/c1-16(13-22)11-17(12-21(16)15(23)10-24-2)4-7-20(8-5-17)9-14-3-6-18-19-14/h3,6,22H,4-5,7-13H2,1-2H3,(H,18,19)/t16-/m0/s1. The molecule has 1 aromatic rings. The van der Waals surface area contributed by atoms with Crippen LogP contribution < -0.4 is 0 Å². The number of ether oxygens (including phenoxy) is 1. The number of amides is 1. The van der Waals surface area contributed by atoms with E-state index < -0.39 is 5.54 Å². The molecule has 2 N–H and O–H groups in total. The van der Waals surface area contributed by atoms with Crippen LogP contribution in [0.15, 0.2) is 12.3 Å². The number of H-pyrrole nitrogens is 1. The summed E-state index contributed by atoms with van der Waals surface area (Å²) in [6.45, 7) is 5.70. The minimum absolute atomic E-state index is 0.00205. The van der Waals surface area contributed by atoms with Gasteiger partial charge in [0.25, 0.3) is 0 Å². The molecule has 0 unspecified atom stereocenters. The minimum atomic E-state index is -0.471. The van der Waals surface area contributed by atoms with Crippen molar-refractivity contribution in [2.24, 2.45) is 5.41 Å². The van der Waals surface area contributed by atoms with E-state index in [9.17, 15) is 9.90 Å². The molecule has 2 fully saturated rings. The van der Waals surface area contributed by atoms with Crippen molar-refractivity contribution in [1.29, 1.82) is 0 Å². The summed E-state index contributed by atoms with van der Waals surface area (Å²) in [6, 6.07) is 2.01. The number of piperidine rings is 1. The first-order valence-electron chi connectivity index (χ1n) is 8.61. The second-order valence-electron chi connectivity index (χ2n) is 7.60. The zero-order valence-electron chi connectivity index (χ0n) is 14.6. The minimum Gasteiger partial charge on any atom is -0.394 e. The first-order valence-corrected chi connectivity index (χ1v) is 8.61. The highest BCUT2D eigenvalue weighted by Gasteiger charge is 2.52. The quantitative estimate of drug-likeness (QED) is 0.824. The predicted octanol–water partition coefficient (Wildman–Crippen LogP) is 0.622. The first kappa shape index (κ1) is 17.4. The first-order chi connectivity index (χ1) is 11.5. The molecule has 3 heterocycles. The summed E-state index contributed by atoms with van der Waals surface area (Å²) < 4.78 is 5.01. The Hall–Kier alpha value is -1.44. The average Bonchev–Trinajstić information content (AvgIpc) is 3.17. The Morgan fingerprint density at radius 2 is 2.21 bits per heavy atom. The lowest BCUT2D eigenvalue weighted by molar-refractivity contribution is -0.140. The normalized spacial score (nSPS) is 27.0. The maximum absolute atomic E-state index is 12.4. The number of methoxy groups -OCH3 is 1. The molecule has 7 heteroatoms. The van der Waals surface area contributed by atoms with E-state index >= 15 is 0 Å². The van der Waals surface area contributed by atoms with Gasteiger partial charge in [0, 0.05) is 32.1 Å². The van der Waals surface area contributed by atoms with E-state index in [0.717, 1.165) is 51.1 Å². The summed E-state index contributed by atoms with van der Waals surface area (Å²) in [5, 5.41) is 16.9. The maximum atomic E-state index is 12.4. The second kappa shape index (κ2) is 6.82. The van der Waals surface area contributed by atoms with Gasteiger partial charge in [0.2, 0.25) is 5.91 Å². The van der Waals surface area contributed by atoms with Gasteiger partial charge in [0.05, 0.1) is 12.1 Å². The van der Waals surface area contributed by atoms with E-state index in [1.807, 2.05) is 17.9 Å². The molecule has 7 nitrogen and oxygen atoms in total. The van der Waals surface area contributed by atoms with Crippen molar-refractivity contribution in [3.63, 3.8) is 0 Å². The molecule has 1 atom stereocenters. The molecule has 2 aliphatic heterocycles. The number of aromatic nitrogens is 2. The molecule has 0 saturated carbocycles. The number of aliphatic hydroxyl groups excluding tert-OH is 1. The molecule has 1 amide bonds. The number of aliphatic hydroxyl groups is 1. The summed E-state index contributed by atoms with van der Waals surface area (Å²) in [7, 11) is 1.54. The van der Waals surface area contributed by atoms with Crippen LogP contribution in [0.2, 0.25) is 0 Å². The van der Waals surface area contributed by atoms with Crippen LogP contribution in [-0.4, -0.2) is 76.5 Å². The van der Waals surface area contributed by atoms with Crippen LogP contribution in [0.25, 0.3) is 0 Å². The van der Waals surface area contributed by atoms with Crippen molar-refractivity contribution < 1.29 is 14.6 Å². The molecule has 24 heavy (non-hydrogen) atoms. The molecule has 134 valence electrons. The van der Waals surface area contributed by atoms with Crippen molar-refractivity contribution in [2.75, 3.05) is 40.0 Å². The molecular weight excluding hydrogens is 308 g/mol. The molecule has 0 radical (unpaired) electrons. The van der Waals surface area contributed by atoms with E-state index in [2.05, 4.69) is 15.1 Å². The van der Waals surface area contributed by atoms with E-state index in [1.54, 1.807) is 6.20 Å². The Kier molecular flexibility index (Phi) is 4.94. The Labute approximate surface area is 143 Å². The predicted molar refractivity (Wildman–Crippen MR) is 89.2 cm³/mol. The van der Waals surface area contributed by atoms with E-state index in [-0.39, 0.29) is 24.5 Å². The van der Waals surface area contributed by atoms with Gasteiger partial charge in [0.15, 0.2) is 0 Å². The van der Waals surface area contributed by atoms with Gasteiger partial charge < -0.3 is 14.7 Å². The molecule has 1 aromatic heterocycles. The van der Waals surface area contributed by atoms with Crippen LogP contribution in [0.5, 0.6) is 0 Å². The SMILES string of the molecule is COCC(=O)N1CC2(CCN(Cc3ccn[nH]3)CC2)C[C@@]1(C)CO. The highest BCUT2D eigenvalue weighted by molar-refractivity contribution is 5.78. The summed E-state index contributed by atoms with van der Waals surface area (Å²) in [5.41, 5.74) is 0.779. The van der Waals surface area contributed by atoms with E-state index in [4.69, 9.17) is 4.74 Å². The lowest BCUT2D eigenvalue weighted by Crippen LogP contribution is -2.49. The van der Waals surface area contributed by atoms with Crippen LogP contribution in [0.4, 0.5) is 0 Å². The average molecular weight is 336 g/mol. The van der Waals surface area contributed by atoms with Crippen molar-refractivity contribution in [3.05, 3.63) is 18.0 Å². The summed E-state index contributed by atoms with van der Waals surface area (Å²) in [6.07, 6.45) is 4.74. The van der Waals surface area contributed by atoms with Gasteiger partial charge >= 0.3 is 0 Å². The van der Waals surface area contributed by atoms with Crippen LogP contribution in [-0.2, 0) is 16.1 Å². The van der Waals surface area contributed by atoms with E-state index in [0.29, 0.717) is 0 Å². The zero-order chi connectivity index (χ0) is 17.2. The monoisotopic (exact) mass is 336 g/mol. The molecule has 0 aromatic carbocycles. The Bertz CT molecular complexity index is 554. The van der Waals surface area contributed by atoms with Crippen molar-refractivity contribution in [3.8, 4) is 0 Å². The Morgan fingerprint density at radius 1 is 1.46 bits per heavy atom. The summed E-state index contributed by atoms with van der Waals surface area (Å²) in [5.74, 6) is -0.0224. The number of hydrogen-bond acceptors (Lipinski definition) is 5. The molecular formula is C17H28N4O3. The van der Waals surface area contributed by atoms with Crippen LogP contribution in [0.3, 0.4) is 0 Å². The Morgan fingerprint density at radius 3 is 2.79 bits per heavy atom. The Balaban J connectivity index is 1.64. The number of nitrogens with zero attached hydrogens (tertiary/aromatic N) is 3. The van der Waals surface area contributed by atoms with Gasteiger partial charge in [-0.2, -0.15) is 5.10 Å². The van der Waals surface area contributed by atoms with Gasteiger partial charge in [-0.15, -0.1) is 0 Å². The number of likely N-dealkylation sites (tertiary alicyclic amines) is 2. The number of carbonyl (C=O) groups excluding carboxylic acids is 1. The van der Waals surface area contributed by atoms with Crippen LogP contribution in [0.1, 0.15) is 31.9 Å². The number of nitrogens with one attached hydrogen (secondary N) is 1. The molecule has 2 saturated heterocycles. The molecule has 0 aliphatic carbocycles. The molecule has 2 aliphatic rings. The number of aromatic amines is 1. The summed E-state index contributed by atoms with van der Waals surface area (Å²) >= 11 is 0. The number of hydrogen-bond donors (Lipinski definition) is 2. The molecule has 0 bridgehead atoms. The van der Waals surface area contributed by atoms with E-state index in [1.165, 1.54) is 7.11 Å². The second-order valence-corrected chi connectivity index (χ2v) is 7.60. The number of carbonyl (C=O) groups is 1. The van der Waals surface area contributed by atoms with Gasteiger partial charge in [-0.25, -0.2) is 0 Å². The third-order valence-corrected chi connectivity index (χ3v) is 5.68. The van der Waals surface area contributed by atoms with Gasteiger partial charge in [-0.05, 0) is 50.8 Å². The topological polar surface area (TPSA) is 81.7 Å². The number of rotatable bonds is 5.